The van der Waals surface area contributed by atoms with Crippen molar-refractivity contribution in [3.63, 3.8) is 0 Å². The van der Waals surface area contributed by atoms with Crippen molar-refractivity contribution < 1.29 is 23.8 Å². The monoisotopic (exact) mass is 321 g/mol. The summed E-state index contributed by atoms with van der Waals surface area (Å²) in [6, 6.07) is 1.28. The first-order chi connectivity index (χ1) is 8.47. The Hall–Kier alpha value is -1.34. The van der Waals surface area contributed by atoms with Crippen LogP contribution in [0.25, 0.3) is 0 Å². The Balaban J connectivity index is 3.46. The average Bonchev–Trinajstić information content (AvgIpc) is 2.34. The van der Waals surface area contributed by atoms with Gasteiger partial charge in [0.05, 0.1) is 24.6 Å². The van der Waals surface area contributed by atoms with Gasteiger partial charge >= 0.3 is 5.97 Å². The van der Waals surface area contributed by atoms with Gasteiger partial charge in [0.1, 0.15) is 5.82 Å². The summed E-state index contributed by atoms with van der Waals surface area (Å²) in [6.07, 6.45) is 0. The number of rotatable bonds is 5. The normalized spacial score (nSPS) is 12.1. The number of hydrogen-bond donors (Lipinski definition) is 2. The van der Waals surface area contributed by atoms with Gasteiger partial charge < -0.3 is 20.3 Å². The van der Waals surface area contributed by atoms with Crippen molar-refractivity contribution in [1.29, 1.82) is 0 Å². The third kappa shape index (κ3) is 2.56. The van der Waals surface area contributed by atoms with Crippen molar-refractivity contribution in [2.75, 3.05) is 20.8 Å². The van der Waals surface area contributed by atoms with Crippen LogP contribution in [0.3, 0.4) is 0 Å². The molecular weight excluding hydrogens is 309 g/mol. The Morgan fingerprint density at radius 2 is 2.17 bits per heavy atom. The number of carboxylic acids is 1. The minimum Gasteiger partial charge on any atom is -0.493 e. The van der Waals surface area contributed by atoms with E-state index in [0.29, 0.717) is 0 Å². The molecule has 1 rings (SSSR count). The van der Waals surface area contributed by atoms with Crippen molar-refractivity contribution >= 4 is 21.9 Å². The Labute approximate surface area is 112 Å². The minimum atomic E-state index is -1.20. The van der Waals surface area contributed by atoms with Gasteiger partial charge in [-0.3, -0.25) is 4.79 Å². The van der Waals surface area contributed by atoms with E-state index < -0.39 is 17.7 Å². The van der Waals surface area contributed by atoms with Crippen molar-refractivity contribution in [3.05, 3.63) is 21.9 Å². The molecule has 1 unspecified atom stereocenters. The maximum absolute atomic E-state index is 14.1. The van der Waals surface area contributed by atoms with Gasteiger partial charge in [-0.25, -0.2) is 4.39 Å². The standard InChI is InChI=1S/C11H13BrFNO4/c1-17-7-3-5(6(4-14)11(15)16)9(13)8(12)10(7)18-2/h3,6H,4,14H2,1-2H3,(H,15,16). The smallest absolute Gasteiger partial charge is 0.312 e. The highest BCUT2D eigenvalue weighted by atomic mass is 79.9. The van der Waals surface area contributed by atoms with Crippen LogP contribution in [0, 0.1) is 5.82 Å². The highest BCUT2D eigenvalue weighted by Gasteiger charge is 2.27. The summed E-state index contributed by atoms with van der Waals surface area (Å²) in [6.45, 7) is -0.214. The third-order valence-corrected chi connectivity index (χ3v) is 3.20. The molecule has 0 aliphatic heterocycles. The largest absolute Gasteiger partial charge is 0.493 e. The van der Waals surface area contributed by atoms with Crippen LogP contribution in [-0.2, 0) is 4.79 Å². The van der Waals surface area contributed by atoms with Crippen LogP contribution in [0.2, 0.25) is 0 Å². The molecule has 0 heterocycles. The third-order valence-electron chi connectivity index (χ3n) is 2.49. The van der Waals surface area contributed by atoms with Gasteiger partial charge in [0.25, 0.3) is 0 Å². The number of benzene rings is 1. The molecule has 3 N–H and O–H groups in total. The highest BCUT2D eigenvalue weighted by Crippen LogP contribution is 2.40. The summed E-state index contributed by atoms with van der Waals surface area (Å²) >= 11 is 3.02. The zero-order chi connectivity index (χ0) is 13.9. The van der Waals surface area contributed by atoms with Crippen LogP contribution in [-0.4, -0.2) is 31.8 Å². The van der Waals surface area contributed by atoms with Gasteiger partial charge in [0, 0.05) is 12.1 Å². The van der Waals surface area contributed by atoms with E-state index in [1.54, 1.807) is 0 Å². The molecule has 1 aromatic rings. The van der Waals surface area contributed by atoms with Gasteiger partial charge in [0.2, 0.25) is 0 Å². The Kier molecular flexibility index (Phi) is 4.92. The van der Waals surface area contributed by atoms with Crippen LogP contribution in [0.5, 0.6) is 11.5 Å². The average molecular weight is 322 g/mol. The fourth-order valence-electron chi connectivity index (χ4n) is 1.56. The summed E-state index contributed by atoms with van der Waals surface area (Å²) in [5, 5.41) is 9.00. The van der Waals surface area contributed by atoms with Crippen LogP contribution in [0.4, 0.5) is 4.39 Å². The maximum Gasteiger partial charge on any atom is 0.312 e. The predicted molar refractivity (Wildman–Crippen MR) is 66.6 cm³/mol. The number of carboxylic acid groups (broad SMARTS) is 1. The van der Waals surface area contributed by atoms with Crippen molar-refractivity contribution in [3.8, 4) is 11.5 Å². The van der Waals surface area contributed by atoms with E-state index in [2.05, 4.69) is 15.9 Å². The molecule has 100 valence electrons. The fourth-order valence-corrected chi connectivity index (χ4v) is 2.15. The molecule has 0 radical (unpaired) electrons. The van der Waals surface area contributed by atoms with E-state index in [0.717, 1.165) is 0 Å². The molecule has 18 heavy (non-hydrogen) atoms. The molecule has 0 saturated heterocycles. The predicted octanol–water partition coefficient (Wildman–Crippen LogP) is 1.73. The number of hydrogen-bond acceptors (Lipinski definition) is 4. The van der Waals surface area contributed by atoms with Gasteiger partial charge in [-0.15, -0.1) is 0 Å². The second kappa shape index (κ2) is 6.01. The molecule has 0 bridgehead atoms. The SMILES string of the molecule is COc1cc(C(CN)C(=O)O)c(F)c(Br)c1OC. The van der Waals surface area contributed by atoms with E-state index in [4.69, 9.17) is 20.3 Å². The van der Waals surface area contributed by atoms with Crippen molar-refractivity contribution in [2.45, 2.75) is 5.92 Å². The lowest BCUT2D eigenvalue weighted by Gasteiger charge is -2.16. The second-order valence-electron chi connectivity index (χ2n) is 3.46. The molecule has 0 aromatic heterocycles. The number of ether oxygens (including phenoxy) is 2. The van der Waals surface area contributed by atoms with Crippen LogP contribution in [0.15, 0.2) is 10.5 Å². The topological polar surface area (TPSA) is 81.8 Å². The molecule has 5 nitrogen and oxygen atoms in total. The molecule has 0 spiro atoms. The van der Waals surface area contributed by atoms with E-state index in [-0.39, 0.29) is 28.1 Å². The summed E-state index contributed by atoms with van der Waals surface area (Å²) < 4.78 is 24.1. The lowest BCUT2D eigenvalue weighted by atomic mass is 9.98. The van der Waals surface area contributed by atoms with Gasteiger partial charge in [-0.2, -0.15) is 0 Å². The molecule has 0 aliphatic rings. The van der Waals surface area contributed by atoms with Crippen LogP contribution < -0.4 is 15.2 Å². The molecule has 0 aliphatic carbocycles. The van der Waals surface area contributed by atoms with Gasteiger partial charge in [-0.05, 0) is 22.0 Å². The van der Waals surface area contributed by atoms with E-state index in [1.165, 1.54) is 20.3 Å². The quantitative estimate of drug-likeness (QED) is 0.863. The first-order valence-electron chi connectivity index (χ1n) is 5.00. The lowest BCUT2D eigenvalue weighted by molar-refractivity contribution is -0.138. The van der Waals surface area contributed by atoms with Gasteiger partial charge in [0.15, 0.2) is 11.5 Å². The zero-order valence-electron chi connectivity index (χ0n) is 9.87. The zero-order valence-corrected chi connectivity index (χ0v) is 11.5. The van der Waals surface area contributed by atoms with E-state index >= 15 is 0 Å². The second-order valence-corrected chi connectivity index (χ2v) is 4.25. The first kappa shape index (κ1) is 14.7. The van der Waals surface area contributed by atoms with Gasteiger partial charge in [-0.1, -0.05) is 0 Å². The Morgan fingerprint density at radius 1 is 1.56 bits per heavy atom. The maximum atomic E-state index is 14.1. The Bertz CT molecular complexity index is 467. The summed E-state index contributed by atoms with van der Waals surface area (Å²) in [5.74, 6) is -2.65. The summed E-state index contributed by atoms with van der Waals surface area (Å²) in [5.41, 5.74) is 5.31. The highest BCUT2D eigenvalue weighted by molar-refractivity contribution is 9.10. The molecular formula is C11H13BrFNO4. The van der Waals surface area contributed by atoms with Crippen LogP contribution >= 0.6 is 15.9 Å². The number of methoxy groups -OCH3 is 2. The minimum absolute atomic E-state index is 0.0130. The molecule has 1 aromatic carbocycles. The van der Waals surface area contributed by atoms with Crippen molar-refractivity contribution in [1.82, 2.24) is 0 Å². The molecule has 7 heteroatoms. The molecule has 1 atom stereocenters. The van der Waals surface area contributed by atoms with Crippen LogP contribution in [0.1, 0.15) is 11.5 Å². The van der Waals surface area contributed by atoms with Crippen molar-refractivity contribution in [2.24, 2.45) is 5.73 Å². The summed E-state index contributed by atoms with van der Waals surface area (Å²) in [4.78, 5) is 11.0. The fraction of sp³-hybridized carbons (Fsp3) is 0.364. The molecule has 0 saturated carbocycles. The lowest BCUT2D eigenvalue weighted by Crippen LogP contribution is -2.22. The van der Waals surface area contributed by atoms with E-state index in [9.17, 15) is 9.18 Å². The number of carbonyl (C=O) groups is 1. The van der Waals surface area contributed by atoms with E-state index in [1.807, 2.05) is 0 Å². The summed E-state index contributed by atoms with van der Waals surface area (Å²) in [7, 11) is 2.74. The number of nitrogens with two attached hydrogens (primary N) is 1. The molecule has 0 fully saturated rings. The first-order valence-corrected chi connectivity index (χ1v) is 5.79. The Morgan fingerprint density at radius 3 is 2.56 bits per heavy atom. The molecule has 0 amide bonds. The number of halogens is 2. The number of aliphatic carboxylic acids is 1.